The van der Waals surface area contributed by atoms with Gasteiger partial charge in [-0.15, -0.1) is 3.89 Å². The first-order valence-corrected chi connectivity index (χ1v) is 4.34. The quantitative estimate of drug-likeness (QED) is 0.473. The van der Waals surface area contributed by atoms with E-state index in [0.717, 1.165) is 6.42 Å². The maximum absolute atomic E-state index is 12.2. The van der Waals surface area contributed by atoms with Crippen LogP contribution in [0.4, 0.5) is 3.89 Å². The van der Waals surface area contributed by atoms with Crippen molar-refractivity contribution >= 4 is 11.2 Å². The second-order valence-corrected chi connectivity index (χ2v) is 2.76. The number of rotatable bonds is 4. The largest absolute Gasteiger partial charge is 0.231 e. The van der Waals surface area contributed by atoms with Crippen LogP contribution in [0.2, 0.25) is 0 Å². The first kappa shape index (κ1) is 10.3. The number of halogens is 1. The van der Waals surface area contributed by atoms with Gasteiger partial charge < -0.3 is 0 Å². The fourth-order valence-corrected chi connectivity index (χ4v) is 0.919. The summed E-state index contributed by atoms with van der Waals surface area (Å²) in [4.78, 5) is 0.154. The van der Waals surface area contributed by atoms with Gasteiger partial charge in [-0.05, 0) is 18.6 Å². The van der Waals surface area contributed by atoms with Gasteiger partial charge in [0.25, 0.3) is 0 Å². The van der Waals surface area contributed by atoms with Gasteiger partial charge in [-0.2, -0.15) is 0 Å². The molecule has 0 radical (unpaired) electrons. The van der Waals surface area contributed by atoms with Gasteiger partial charge in [0.2, 0.25) is 11.2 Å². The van der Waals surface area contributed by atoms with Crippen molar-refractivity contribution in [3.8, 4) is 0 Å². The summed E-state index contributed by atoms with van der Waals surface area (Å²) in [6.45, 7) is 5.30. The number of allylic oxidation sites excluding steroid dienone is 4. The van der Waals surface area contributed by atoms with Gasteiger partial charge in [0, 0.05) is 0 Å². The topological polar surface area (TPSA) is 17.1 Å². The van der Waals surface area contributed by atoms with Gasteiger partial charge >= 0.3 is 0 Å². The molecule has 62 valence electrons. The van der Waals surface area contributed by atoms with Crippen LogP contribution in [0.15, 0.2) is 35.8 Å². The van der Waals surface area contributed by atoms with Crippen LogP contribution in [0.1, 0.15) is 13.3 Å². The van der Waals surface area contributed by atoms with Crippen molar-refractivity contribution in [1.82, 2.24) is 0 Å². The van der Waals surface area contributed by atoms with Gasteiger partial charge in [-0.25, -0.2) is 4.21 Å². The Kier molecular flexibility index (Phi) is 5.65. The van der Waals surface area contributed by atoms with E-state index in [2.05, 4.69) is 6.58 Å². The average Bonchev–Trinajstić information content (AvgIpc) is 1.97. The molecule has 0 saturated carbocycles. The molecule has 0 amide bonds. The van der Waals surface area contributed by atoms with Gasteiger partial charge in [0.1, 0.15) is 0 Å². The minimum atomic E-state index is -2.40. The molecule has 0 aromatic carbocycles. The van der Waals surface area contributed by atoms with E-state index in [4.69, 9.17) is 0 Å². The van der Waals surface area contributed by atoms with Crippen LogP contribution in [0.5, 0.6) is 0 Å². The van der Waals surface area contributed by atoms with E-state index in [0.29, 0.717) is 0 Å². The minimum Gasteiger partial charge on any atom is -0.219 e. The molecule has 1 unspecified atom stereocenters. The van der Waals surface area contributed by atoms with Crippen LogP contribution in [0.3, 0.4) is 0 Å². The minimum absolute atomic E-state index is 0.154. The molecule has 3 heteroatoms. The first-order chi connectivity index (χ1) is 5.22. The fraction of sp³-hybridized carbons (Fsp3) is 0.250. The lowest BCUT2D eigenvalue weighted by atomic mass is 10.4. The van der Waals surface area contributed by atoms with Crippen molar-refractivity contribution in [1.29, 1.82) is 0 Å². The van der Waals surface area contributed by atoms with Crippen LogP contribution >= 0.6 is 0 Å². The third-order valence-corrected chi connectivity index (χ3v) is 1.63. The highest BCUT2D eigenvalue weighted by atomic mass is 32.2. The third-order valence-electron chi connectivity index (χ3n) is 0.985. The van der Waals surface area contributed by atoms with Crippen LogP contribution in [0.25, 0.3) is 0 Å². The zero-order valence-electron chi connectivity index (χ0n) is 6.42. The predicted octanol–water partition coefficient (Wildman–Crippen LogP) is 2.66. The number of hydrogen-bond donors (Lipinski definition) is 0. The summed E-state index contributed by atoms with van der Waals surface area (Å²) in [5, 5.41) is 0. The second-order valence-electron chi connectivity index (χ2n) is 1.84. The monoisotopic (exact) mass is 174 g/mol. The van der Waals surface area contributed by atoms with E-state index >= 15 is 0 Å². The Morgan fingerprint density at radius 2 is 2.36 bits per heavy atom. The molecule has 0 aliphatic rings. The summed E-state index contributed by atoms with van der Waals surface area (Å²) >= 11 is -2.40. The lowest BCUT2D eigenvalue weighted by molar-refractivity contribution is 0.655. The van der Waals surface area contributed by atoms with Gasteiger partial charge in [0.05, 0.1) is 4.91 Å². The Morgan fingerprint density at radius 1 is 1.73 bits per heavy atom. The lowest BCUT2D eigenvalue weighted by Gasteiger charge is -1.89. The summed E-state index contributed by atoms with van der Waals surface area (Å²) in [7, 11) is 0. The smallest absolute Gasteiger partial charge is 0.219 e. The zero-order chi connectivity index (χ0) is 8.69. The first-order valence-electron chi connectivity index (χ1n) is 3.29. The Hall–Kier alpha value is -0.700. The van der Waals surface area contributed by atoms with Gasteiger partial charge in [-0.3, -0.25) is 0 Å². The van der Waals surface area contributed by atoms with E-state index in [1.165, 1.54) is 18.2 Å². The Labute approximate surface area is 69.1 Å². The highest BCUT2D eigenvalue weighted by Gasteiger charge is 1.98. The van der Waals surface area contributed by atoms with Crippen molar-refractivity contribution in [2.75, 3.05) is 0 Å². The van der Waals surface area contributed by atoms with Crippen LogP contribution in [-0.4, -0.2) is 4.21 Å². The van der Waals surface area contributed by atoms with E-state index in [-0.39, 0.29) is 4.91 Å². The highest BCUT2D eigenvalue weighted by molar-refractivity contribution is 7.84. The molecule has 0 heterocycles. The molecule has 0 saturated heterocycles. The fourth-order valence-electron chi connectivity index (χ4n) is 0.513. The molecule has 0 N–H and O–H groups in total. The maximum atomic E-state index is 12.2. The van der Waals surface area contributed by atoms with Gasteiger partial charge in [-0.1, -0.05) is 25.7 Å². The third kappa shape index (κ3) is 4.67. The molecular formula is C8H11FOS. The van der Waals surface area contributed by atoms with Gasteiger partial charge in [0.15, 0.2) is 0 Å². The van der Waals surface area contributed by atoms with E-state index in [1.807, 2.05) is 6.92 Å². The van der Waals surface area contributed by atoms with Crippen molar-refractivity contribution in [3.05, 3.63) is 35.8 Å². The molecule has 0 aromatic rings. The molecule has 0 fully saturated rings. The standard InChI is InChI=1S/C8H11FOS/c1-3-5-7-8(6-4-2)11(9)10/h4-7H,2-3H2,1H3/b7-5-,8-6+. The molecule has 0 aliphatic heterocycles. The molecule has 1 nitrogen and oxygen atoms in total. The van der Waals surface area contributed by atoms with Crippen LogP contribution in [0, 0.1) is 0 Å². The van der Waals surface area contributed by atoms with E-state index < -0.39 is 11.2 Å². The van der Waals surface area contributed by atoms with Crippen molar-refractivity contribution < 1.29 is 8.09 Å². The Morgan fingerprint density at radius 3 is 2.73 bits per heavy atom. The Bertz CT molecular complexity index is 206. The van der Waals surface area contributed by atoms with Crippen LogP contribution in [-0.2, 0) is 11.2 Å². The van der Waals surface area contributed by atoms with Crippen molar-refractivity contribution in [3.63, 3.8) is 0 Å². The average molecular weight is 174 g/mol. The molecular weight excluding hydrogens is 163 g/mol. The molecule has 0 aromatic heterocycles. The van der Waals surface area contributed by atoms with Crippen LogP contribution < -0.4 is 0 Å². The highest BCUT2D eigenvalue weighted by Crippen LogP contribution is 2.05. The predicted molar refractivity (Wildman–Crippen MR) is 47.0 cm³/mol. The molecule has 1 atom stereocenters. The molecule has 0 aliphatic carbocycles. The van der Waals surface area contributed by atoms with Crippen molar-refractivity contribution in [2.24, 2.45) is 0 Å². The van der Waals surface area contributed by atoms with E-state index in [1.54, 1.807) is 6.08 Å². The maximum Gasteiger partial charge on any atom is 0.231 e. The summed E-state index contributed by atoms with van der Waals surface area (Å²) in [6.07, 6.45) is 6.84. The zero-order valence-corrected chi connectivity index (χ0v) is 7.23. The summed E-state index contributed by atoms with van der Waals surface area (Å²) in [5.74, 6) is 0. The molecule has 11 heavy (non-hydrogen) atoms. The molecule has 0 rings (SSSR count). The normalized spacial score (nSPS) is 15.3. The Balaban J connectivity index is 4.35. The summed E-state index contributed by atoms with van der Waals surface area (Å²) < 4.78 is 22.5. The van der Waals surface area contributed by atoms with E-state index in [9.17, 15) is 8.09 Å². The molecule has 0 bridgehead atoms. The number of hydrogen-bond acceptors (Lipinski definition) is 1. The summed E-state index contributed by atoms with van der Waals surface area (Å²) in [6, 6.07) is 0. The second kappa shape index (κ2) is 6.04. The SMILES string of the molecule is C=C/C=C(\C=C/CC)S(=O)F. The van der Waals surface area contributed by atoms with Crippen molar-refractivity contribution in [2.45, 2.75) is 13.3 Å². The summed E-state index contributed by atoms with van der Waals surface area (Å²) in [5.41, 5.74) is 0. The lowest BCUT2D eigenvalue weighted by Crippen LogP contribution is -1.81. The molecule has 0 spiro atoms.